The highest BCUT2D eigenvalue weighted by Crippen LogP contribution is 2.29. The van der Waals surface area contributed by atoms with Crippen molar-refractivity contribution in [3.8, 4) is 11.6 Å². The molecule has 2 N–H and O–H groups in total. The van der Waals surface area contributed by atoms with Crippen LogP contribution in [0.15, 0.2) is 28.7 Å². The third-order valence-electron chi connectivity index (χ3n) is 2.83. The lowest BCUT2D eigenvalue weighted by atomic mass is 10.1. The van der Waals surface area contributed by atoms with Gasteiger partial charge in [-0.25, -0.2) is 4.68 Å². The minimum Gasteiger partial charge on any atom is -0.439 e. The van der Waals surface area contributed by atoms with Crippen molar-refractivity contribution in [1.82, 2.24) is 9.78 Å². The van der Waals surface area contributed by atoms with E-state index >= 15 is 0 Å². The van der Waals surface area contributed by atoms with Crippen LogP contribution in [0.3, 0.4) is 0 Å². The summed E-state index contributed by atoms with van der Waals surface area (Å²) >= 11 is 3.44. The maximum absolute atomic E-state index is 5.96. The largest absolute Gasteiger partial charge is 0.439 e. The van der Waals surface area contributed by atoms with Gasteiger partial charge in [0.15, 0.2) is 0 Å². The lowest BCUT2D eigenvalue weighted by Crippen LogP contribution is -2.18. The van der Waals surface area contributed by atoms with E-state index in [0.717, 1.165) is 33.8 Å². The molecule has 0 spiro atoms. The van der Waals surface area contributed by atoms with E-state index in [4.69, 9.17) is 10.5 Å². The summed E-state index contributed by atoms with van der Waals surface area (Å²) < 4.78 is 8.70. The highest BCUT2D eigenvalue weighted by Gasteiger charge is 2.16. The van der Waals surface area contributed by atoms with Gasteiger partial charge < -0.3 is 10.5 Å². The summed E-state index contributed by atoms with van der Waals surface area (Å²) in [6, 6.07) is 7.83. The molecule has 0 saturated heterocycles. The second kappa shape index (κ2) is 5.75. The number of nitrogens with zero attached hydrogens (tertiary/aromatic N) is 2. The Morgan fingerprint density at radius 1 is 1.47 bits per heavy atom. The third kappa shape index (κ3) is 3.36. The zero-order valence-corrected chi connectivity index (χ0v) is 12.9. The van der Waals surface area contributed by atoms with Crippen molar-refractivity contribution in [2.45, 2.75) is 26.3 Å². The van der Waals surface area contributed by atoms with Gasteiger partial charge in [-0.05, 0) is 38.5 Å². The third-order valence-corrected chi connectivity index (χ3v) is 3.32. The van der Waals surface area contributed by atoms with Gasteiger partial charge in [0.25, 0.3) is 0 Å². The summed E-state index contributed by atoms with van der Waals surface area (Å²) in [6.07, 6.45) is 0.753. The predicted octanol–water partition coefficient (Wildman–Crippen LogP) is 3.17. The number of halogens is 1. The Balaban J connectivity index is 2.33. The van der Waals surface area contributed by atoms with Gasteiger partial charge in [-0.3, -0.25) is 0 Å². The molecular weight excluding hydrogens is 306 g/mol. The molecule has 1 unspecified atom stereocenters. The number of aryl methyl sites for hydroxylation is 2. The van der Waals surface area contributed by atoms with E-state index in [1.54, 1.807) is 4.68 Å². The quantitative estimate of drug-likeness (QED) is 0.940. The number of ether oxygens (including phenoxy) is 1. The van der Waals surface area contributed by atoms with Gasteiger partial charge in [-0.15, -0.1) is 0 Å². The van der Waals surface area contributed by atoms with Crippen LogP contribution in [0, 0.1) is 6.92 Å². The van der Waals surface area contributed by atoms with Crippen LogP contribution in [0.2, 0.25) is 0 Å². The van der Waals surface area contributed by atoms with E-state index in [1.165, 1.54) is 0 Å². The van der Waals surface area contributed by atoms with Crippen LogP contribution in [0.25, 0.3) is 0 Å². The van der Waals surface area contributed by atoms with Crippen molar-refractivity contribution in [3.05, 3.63) is 40.0 Å². The van der Waals surface area contributed by atoms with Gasteiger partial charge in [0, 0.05) is 23.1 Å². The second-order valence-corrected chi connectivity index (χ2v) is 5.65. The molecule has 0 aliphatic carbocycles. The molecule has 1 atom stereocenters. The maximum atomic E-state index is 5.96. The number of hydrogen-bond acceptors (Lipinski definition) is 3. The first kappa shape index (κ1) is 14.1. The molecule has 0 fully saturated rings. The fourth-order valence-electron chi connectivity index (χ4n) is 2.01. The number of rotatable bonds is 4. The molecule has 1 heterocycles. The summed E-state index contributed by atoms with van der Waals surface area (Å²) in [5, 5.41) is 4.41. The van der Waals surface area contributed by atoms with E-state index in [2.05, 4.69) is 21.0 Å². The molecule has 0 bridgehead atoms. The van der Waals surface area contributed by atoms with Crippen LogP contribution >= 0.6 is 15.9 Å². The van der Waals surface area contributed by atoms with Crippen LogP contribution in [0.1, 0.15) is 18.2 Å². The summed E-state index contributed by atoms with van der Waals surface area (Å²) in [7, 11) is 1.88. The van der Waals surface area contributed by atoms with Crippen LogP contribution in [0.5, 0.6) is 11.6 Å². The molecule has 4 nitrogen and oxygen atoms in total. The zero-order valence-electron chi connectivity index (χ0n) is 11.4. The highest BCUT2D eigenvalue weighted by molar-refractivity contribution is 9.10. The van der Waals surface area contributed by atoms with Crippen molar-refractivity contribution in [1.29, 1.82) is 0 Å². The summed E-state index contributed by atoms with van der Waals surface area (Å²) in [6.45, 7) is 3.96. The molecule has 102 valence electrons. The van der Waals surface area contributed by atoms with Crippen molar-refractivity contribution in [2.24, 2.45) is 12.8 Å². The van der Waals surface area contributed by atoms with Crippen molar-refractivity contribution in [3.63, 3.8) is 0 Å². The first-order valence-electron chi connectivity index (χ1n) is 6.19. The molecule has 0 aliphatic rings. The van der Waals surface area contributed by atoms with Gasteiger partial charge >= 0.3 is 0 Å². The second-order valence-electron chi connectivity index (χ2n) is 4.73. The van der Waals surface area contributed by atoms with E-state index in [0.29, 0.717) is 0 Å². The smallest absolute Gasteiger partial charge is 0.221 e. The van der Waals surface area contributed by atoms with E-state index in [-0.39, 0.29) is 6.04 Å². The molecule has 2 aromatic rings. The molecule has 0 saturated carbocycles. The molecule has 0 amide bonds. The fourth-order valence-corrected chi connectivity index (χ4v) is 2.39. The Labute approximate surface area is 121 Å². The highest BCUT2D eigenvalue weighted by atomic mass is 79.9. The van der Waals surface area contributed by atoms with Crippen LogP contribution in [-0.2, 0) is 13.5 Å². The van der Waals surface area contributed by atoms with Crippen LogP contribution < -0.4 is 10.5 Å². The molecule has 1 aromatic carbocycles. The molecule has 0 aliphatic heterocycles. The first-order chi connectivity index (χ1) is 8.97. The Kier molecular flexibility index (Phi) is 4.27. The molecular formula is C14H18BrN3O. The van der Waals surface area contributed by atoms with Gasteiger partial charge in [-0.2, -0.15) is 5.10 Å². The van der Waals surface area contributed by atoms with E-state index in [1.807, 2.05) is 45.2 Å². The molecule has 19 heavy (non-hydrogen) atoms. The van der Waals surface area contributed by atoms with Gasteiger partial charge in [-0.1, -0.05) is 22.0 Å². The summed E-state index contributed by atoms with van der Waals surface area (Å²) in [4.78, 5) is 0. The first-order valence-corrected chi connectivity index (χ1v) is 6.98. The minimum atomic E-state index is 0.0766. The van der Waals surface area contributed by atoms with E-state index in [9.17, 15) is 0 Å². The maximum Gasteiger partial charge on any atom is 0.221 e. The van der Waals surface area contributed by atoms with Gasteiger partial charge in [0.1, 0.15) is 5.75 Å². The molecule has 1 aromatic heterocycles. The summed E-state index contributed by atoms with van der Waals surface area (Å²) in [5.41, 5.74) is 7.92. The van der Waals surface area contributed by atoms with E-state index < -0.39 is 0 Å². The SMILES string of the molecule is Cc1nn(C)c(Oc2cccc(Br)c2)c1CC(C)N. The van der Waals surface area contributed by atoms with Gasteiger partial charge in [0.2, 0.25) is 5.88 Å². The molecule has 0 radical (unpaired) electrons. The Hall–Kier alpha value is -1.33. The monoisotopic (exact) mass is 323 g/mol. The average molecular weight is 324 g/mol. The Bertz CT molecular complexity index is 578. The fraction of sp³-hybridized carbons (Fsp3) is 0.357. The zero-order chi connectivity index (χ0) is 14.0. The standard InChI is InChI=1S/C14H18BrN3O/c1-9(16)7-13-10(2)17-18(3)14(13)19-12-6-4-5-11(15)8-12/h4-6,8-9H,7,16H2,1-3H3. The number of hydrogen-bond donors (Lipinski definition) is 1. The molecule has 5 heteroatoms. The number of nitrogens with two attached hydrogens (primary N) is 1. The lowest BCUT2D eigenvalue weighted by molar-refractivity contribution is 0.424. The van der Waals surface area contributed by atoms with Gasteiger partial charge in [0.05, 0.1) is 5.69 Å². The minimum absolute atomic E-state index is 0.0766. The molecule has 2 rings (SSSR count). The normalized spacial score (nSPS) is 12.5. The van der Waals surface area contributed by atoms with Crippen molar-refractivity contribution < 1.29 is 4.74 Å². The van der Waals surface area contributed by atoms with Crippen molar-refractivity contribution in [2.75, 3.05) is 0 Å². The average Bonchev–Trinajstić information content (AvgIpc) is 2.56. The predicted molar refractivity (Wildman–Crippen MR) is 79.5 cm³/mol. The van der Waals surface area contributed by atoms with Crippen LogP contribution in [-0.4, -0.2) is 15.8 Å². The summed E-state index contributed by atoms with van der Waals surface area (Å²) in [5.74, 6) is 1.54. The lowest BCUT2D eigenvalue weighted by Gasteiger charge is -2.10. The number of aromatic nitrogens is 2. The Morgan fingerprint density at radius 3 is 2.84 bits per heavy atom. The topological polar surface area (TPSA) is 53.1 Å². The number of benzene rings is 1. The van der Waals surface area contributed by atoms with Crippen LogP contribution in [0.4, 0.5) is 0 Å². The van der Waals surface area contributed by atoms with Crippen molar-refractivity contribution >= 4 is 15.9 Å². The Morgan fingerprint density at radius 2 is 2.21 bits per heavy atom.